The van der Waals surface area contributed by atoms with E-state index in [-0.39, 0.29) is 0 Å². The Morgan fingerprint density at radius 2 is 2.18 bits per heavy atom. The Hall–Kier alpha value is -0.580. The summed E-state index contributed by atoms with van der Waals surface area (Å²) in [6, 6.07) is 5.58. The summed E-state index contributed by atoms with van der Waals surface area (Å²) in [6.45, 7) is 0.386. The van der Waals surface area contributed by atoms with Crippen LogP contribution >= 0.6 is 15.9 Å². The first kappa shape index (κ1) is 8.52. The second kappa shape index (κ2) is 3.71. The number of hydrogen-bond acceptors (Lipinski definition) is 3. The summed E-state index contributed by atoms with van der Waals surface area (Å²) in [5, 5.41) is 0. The summed E-state index contributed by atoms with van der Waals surface area (Å²) in [5.41, 5.74) is 7.27. The number of nitrogen functional groups attached to an aromatic ring is 1. The fraction of sp³-hybridized carbons (Fsp3) is 0.143. The highest BCUT2D eigenvalue weighted by atomic mass is 79.9. The number of benzene rings is 1. The lowest BCUT2D eigenvalue weighted by Crippen LogP contribution is -1.99. The Balaban J connectivity index is 2.86. The van der Waals surface area contributed by atoms with E-state index in [1.54, 1.807) is 0 Å². The molecule has 0 aliphatic rings. The van der Waals surface area contributed by atoms with Crippen LogP contribution in [0, 0.1) is 0 Å². The summed E-state index contributed by atoms with van der Waals surface area (Å²) < 4.78 is 0.887. The molecule has 1 aromatic carbocycles. The van der Waals surface area contributed by atoms with E-state index in [1.807, 2.05) is 18.2 Å². The van der Waals surface area contributed by atoms with Crippen molar-refractivity contribution < 1.29 is 4.84 Å². The third-order valence-electron chi connectivity index (χ3n) is 1.31. The summed E-state index contributed by atoms with van der Waals surface area (Å²) in [5.74, 6) is 4.90. The van der Waals surface area contributed by atoms with Crippen molar-refractivity contribution in [1.82, 2.24) is 0 Å². The molecule has 0 saturated carbocycles. The number of hydrogen-bond donors (Lipinski definition) is 2. The third-order valence-corrected chi connectivity index (χ3v) is 2.03. The molecule has 0 heterocycles. The highest BCUT2D eigenvalue weighted by Gasteiger charge is 1.96. The number of halogens is 1. The fourth-order valence-corrected chi connectivity index (χ4v) is 1.03. The molecule has 0 aliphatic carbocycles. The summed E-state index contributed by atoms with van der Waals surface area (Å²) in [4.78, 5) is 4.45. The zero-order chi connectivity index (χ0) is 8.27. The van der Waals surface area contributed by atoms with Crippen LogP contribution in [-0.2, 0) is 11.4 Å². The lowest BCUT2D eigenvalue weighted by molar-refractivity contribution is 0.124. The molecule has 1 rings (SSSR count). The summed E-state index contributed by atoms with van der Waals surface area (Å²) >= 11 is 3.28. The van der Waals surface area contributed by atoms with Crippen molar-refractivity contribution in [1.29, 1.82) is 0 Å². The van der Waals surface area contributed by atoms with Gasteiger partial charge in [0, 0.05) is 10.2 Å². The molecule has 0 saturated heterocycles. The highest BCUT2D eigenvalue weighted by molar-refractivity contribution is 9.10. The molecule has 0 aromatic heterocycles. The zero-order valence-electron chi connectivity index (χ0n) is 5.88. The van der Waals surface area contributed by atoms with Crippen LogP contribution in [-0.4, -0.2) is 0 Å². The lowest BCUT2D eigenvalue weighted by Gasteiger charge is -2.01. The minimum atomic E-state index is 0.386. The maximum atomic E-state index is 5.61. The fourth-order valence-electron chi connectivity index (χ4n) is 0.779. The van der Waals surface area contributed by atoms with Gasteiger partial charge in [0.15, 0.2) is 0 Å². The first-order chi connectivity index (χ1) is 5.24. The van der Waals surface area contributed by atoms with Gasteiger partial charge in [0.1, 0.15) is 0 Å². The van der Waals surface area contributed by atoms with Crippen molar-refractivity contribution in [3.05, 3.63) is 28.2 Å². The van der Waals surface area contributed by atoms with E-state index in [0.29, 0.717) is 12.3 Å². The van der Waals surface area contributed by atoms with Gasteiger partial charge in [0.2, 0.25) is 0 Å². The zero-order valence-corrected chi connectivity index (χ0v) is 7.47. The second-order valence-corrected chi connectivity index (χ2v) is 3.02. The van der Waals surface area contributed by atoms with Gasteiger partial charge < -0.3 is 5.73 Å². The van der Waals surface area contributed by atoms with Gasteiger partial charge in [0.25, 0.3) is 0 Å². The van der Waals surface area contributed by atoms with Crippen molar-refractivity contribution in [2.24, 2.45) is 5.90 Å². The van der Waals surface area contributed by atoms with E-state index in [9.17, 15) is 0 Å². The second-order valence-electron chi connectivity index (χ2n) is 2.17. The van der Waals surface area contributed by atoms with Crippen LogP contribution in [0.25, 0.3) is 0 Å². The van der Waals surface area contributed by atoms with E-state index in [0.717, 1.165) is 10.0 Å². The minimum Gasteiger partial charge on any atom is -0.398 e. The quantitative estimate of drug-likeness (QED) is 0.581. The Morgan fingerprint density at radius 3 is 2.73 bits per heavy atom. The largest absolute Gasteiger partial charge is 0.398 e. The predicted octanol–water partition coefficient (Wildman–Crippen LogP) is 1.42. The number of anilines is 1. The minimum absolute atomic E-state index is 0.386. The van der Waals surface area contributed by atoms with E-state index in [4.69, 9.17) is 11.6 Å². The lowest BCUT2D eigenvalue weighted by atomic mass is 10.2. The van der Waals surface area contributed by atoms with Crippen molar-refractivity contribution in [2.45, 2.75) is 6.61 Å². The molecule has 0 bridgehead atoms. The van der Waals surface area contributed by atoms with Crippen LogP contribution in [0.15, 0.2) is 22.7 Å². The Bertz CT molecular complexity index is 252. The molecule has 3 nitrogen and oxygen atoms in total. The molecule has 4 heteroatoms. The molecular formula is C7H9BrN2O. The van der Waals surface area contributed by atoms with Gasteiger partial charge >= 0.3 is 0 Å². The van der Waals surface area contributed by atoms with Crippen LogP contribution in [0.4, 0.5) is 5.69 Å². The van der Waals surface area contributed by atoms with Crippen molar-refractivity contribution in [2.75, 3.05) is 5.73 Å². The molecule has 0 radical (unpaired) electrons. The van der Waals surface area contributed by atoms with Gasteiger partial charge in [-0.1, -0.05) is 6.07 Å². The van der Waals surface area contributed by atoms with Crippen molar-refractivity contribution in [3.63, 3.8) is 0 Å². The Morgan fingerprint density at radius 1 is 1.45 bits per heavy atom. The molecule has 0 fully saturated rings. The maximum absolute atomic E-state index is 5.61. The van der Waals surface area contributed by atoms with Gasteiger partial charge in [-0.25, -0.2) is 5.90 Å². The third kappa shape index (κ3) is 2.18. The molecule has 0 unspecified atom stereocenters. The number of nitrogens with two attached hydrogens (primary N) is 2. The van der Waals surface area contributed by atoms with Crippen LogP contribution in [0.3, 0.4) is 0 Å². The standard InChI is InChI=1S/C7H9BrN2O/c8-6-2-1-5(4-11-10)3-7(6)9/h1-3H,4,9-10H2. The summed E-state index contributed by atoms with van der Waals surface area (Å²) in [7, 11) is 0. The number of rotatable bonds is 2. The average Bonchev–Trinajstić information content (AvgIpc) is 1.98. The Labute approximate surface area is 73.4 Å². The maximum Gasteiger partial charge on any atom is 0.0930 e. The molecule has 11 heavy (non-hydrogen) atoms. The van der Waals surface area contributed by atoms with Gasteiger partial charge in [-0.05, 0) is 33.6 Å². The van der Waals surface area contributed by atoms with Gasteiger partial charge in [0.05, 0.1) is 6.61 Å². The predicted molar refractivity (Wildman–Crippen MR) is 47.5 cm³/mol. The topological polar surface area (TPSA) is 61.3 Å². The molecule has 0 aliphatic heterocycles. The first-order valence-corrected chi connectivity index (χ1v) is 3.89. The monoisotopic (exact) mass is 216 g/mol. The summed E-state index contributed by atoms with van der Waals surface area (Å²) in [6.07, 6.45) is 0. The molecule has 4 N–H and O–H groups in total. The van der Waals surface area contributed by atoms with Crippen molar-refractivity contribution in [3.8, 4) is 0 Å². The van der Waals surface area contributed by atoms with Gasteiger partial charge in [-0.15, -0.1) is 0 Å². The average molecular weight is 217 g/mol. The van der Waals surface area contributed by atoms with Crippen LogP contribution in [0.2, 0.25) is 0 Å². The smallest absolute Gasteiger partial charge is 0.0930 e. The van der Waals surface area contributed by atoms with Crippen LogP contribution < -0.4 is 11.6 Å². The molecule has 0 atom stereocenters. The van der Waals surface area contributed by atoms with Gasteiger partial charge in [-0.3, -0.25) is 4.84 Å². The van der Waals surface area contributed by atoms with E-state index in [1.165, 1.54) is 0 Å². The SMILES string of the molecule is NOCc1ccc(Br)c(N)c1. The van der Waals surface area contributed by atoms with E-state index >= 15 is 0 Å². The van der Waals surface area contributed by atoms with Crippen LogP contribution in [0.1, 0.15) is 5.56 Å². The van der Waals surface area contributed by atoms with Crippen LogP contribution in [0.5, 0.6) is 0 Å². The first-order valence-electron chi connectivity index (χ1n) is 3.09. The Kier molecular flexibility index (Phi) is 2.87. The molecule has 0 spiro atoms. The normalized spacial score (nSPS) is 10.0. The van der Waals surface area contributed by atoms with E-state index in [2.05, 4.69) is 20.8 Å². The molecule has 0 amide bonds. The highest BCUT2D eigenvalue weighted by Crippen LogP contribution is 2.20. The van der Waals surface area contributed by atoms with Gasteiger partial charge in [-0.2, -0.15) is 0 Å². The van der Waals surface area contributed by atoms with E-state index < -0.39 is 0 Å². The van der Waals surface area contributed by atoms with Crippen molar-refractivity contribution >= 4 is 21.6 Å². The molecular weight excluding hydrogens is 208 g/mol. The molecule has 1 aromatic rings. The molecule has 60 valence electrons.